The zero-order valence-electron chi connectivity index (χ0n) is 14.6. The maximum atomic E-state index is 12.8. The van der Waals surface area contributed by atoms with Crippen LogP contribution in [0.15, 0.2) is 52.3 Å². The molecule has 0 bridgehead atoms. The largest absolute Gasteiger partial charge is 0.324 e. The van der Waals surface area contributed by atoms with Gasteiger partial charge < -0.3 is 9.88 Å². The molecule has 0 saturated carbocycles. The predicted octanol–water partition coefficient (Wildman–Crippen LogP) is 2.31. The average Bonchev–Trinajstić information content (AvgIpc) is 2.64. The lowest BCUT2D eigenvalue weighted by Gasteiger charge is -2.25. The van der Waals surface area contributed by atoms with E-state index in [0.717, 1.165) is 23.8 Å². The number of rotatable bonds is 5. The molecule has 144 valence electrons. The molecular weight excluding hydrogens is 390 g/mol. The molecular formula is C18H20ClN3O4S. The average molecular weight is 410 g/mol. The van der Waals surface area contributed by atoms with Crippen LogP contribution in [-0.4, -0.2) is 36.3 Å². The number of nitrogens with one attached hydrogen (secondary N) is 1. The molecule has 1 fully saturated rings. The molecule has 0 unspecified atom stereocenters. The van der Waals surface area contributed by atoms with Crippen LogP contribution in [0, 0.1) is 0 Å². The van der Waals surface area contributed by atoms with Crippen LogP contribution in [0.3, 0.4) is 0 Å². The molecule has 1 saturated heterocycles. The quantitative estimate of drug-likeness (QED) is 0.820. The molecule has 0 spiro atoms. The Balaban J connectivity index is 1.80. The minimum atomic E-state index is -3.86. The standard InChI is InChI=1S/C18H20ClN3O4S/c19-14-6-4-7-15(12-14)20-17(23)13-21-9-5-8-16(18(21)24)27(25,26)22-10-2-1-3-11-22/h4-9,12H,1-3,10-11,13H2,(H,20,23). The minimum Gasteiger partial charge on any atom is -0.324 e. The third-order valence-corrected chi connectivity index (χ3v) is 6.49. The number of hydrogen-bond donors (Lipinski definition) is 1. The highest BCUT2D eigenvalue weighted by atomic mass is 35.5. The van der Waals surface area contributed by atoms with Crippen molar-refractivity contribution in [3.05, 3.63) is 58.0 Å². The number of aromatic nitrogens is 1. The minimum absolute atomic E-state index is 0.297. The third kappa shape index (κ3) is 4.58. The van der Waals surface area contributed by atoms with Gasteiger partial charge in [-0.1, -0.05) is 24.1 Å². The molecule has 1 amide bonds. The van der Waals surface area contributed by atoms with E-state index in [0.29, 0.717) is 23.8 Å². The smallest absolute Gasteiger partial charge is 0.271 e. The summed E-state index contributed by atoms with van der Waals surface area (Å²) in [6.07, 6.45) is 3.94. The van der Waals surface area contributed by atoms with Crippen molar-refractivity contribution < 1.29 is 13.2 Å². The number of hydrogen-bond acceptors (Lipinski definition) is 4. The number of amides is 1. The van der Waals surface area contributed by atoms with Crippen LogP contribution in [0.25, 0.3) is 0 Å². The summed E-state index contributed by atoms with van der Waals surface area (Å²) in [5, 5.41) is 3.11. The Bertz CT molecular complexity index is 998. The first kappa shape index (κ1) is 19.6. The van der Waals surface area contributed by atoms with Gasteiger partial charge in [-0.3, -0.25) is 9.59 Å². The zero-order valence-corrected chi connectivity index (χ0v) is 16.2. The Kier molecular flexibility index (Phi) is 5.98. The summed E-state index contributed by atoms with van der Waals surface area (Å²) >= 11 is 5.88. The number of carbonyl (C=O) groups is 1. The highest BCUT2D eigenvalue weighted by molar-refractivity contribution is 7.89. The van der Waals surface area contributed by atoms with E-state index in [2.05, 4.69) is 5.32 Å². The second kappa shape index (κ2) is 8.24. The second-order valence-electron chi connectivity index (χ2n) is 6.33. The van der Waals surface area contributed by atoms with Gasteiger partial charge in [-0.2, -0.15) is 4.31 Å². The van der Waals surface area contributed by atoms with Gasteiger partial charge in [-0.05, 0) is 43.2 Å². The van der Waals surface area contributed by atoms with Crippen LogP contribution >= 0.6 is 11.6 Å². The molecule has 2 aromatic rings. The predicted molar refractivity (Wildman–Crippen MR) is 103 cm³/mol. The van der Waals surface area contributed by atoms with Gasteiger partial charge in [-0.15, -0.1) is 0 Å². The molecule has 1 N–H and O–H groups in total. The monoisotopic (exact) mass is 409 g/mol. The first-order valence-electron chi connectivity index (χ1n) is 8.63. The number of nitrogens with zero attached hydrogens (tertiary/aromatic N) is 2. The van der Waals surface area contributed by atoms with Crippen molar-refractivity contribution in [3.63, 3.8) is 0 Å². The first-order valence-corrected chi connectivity index (χ1v) is 10.4. The van der Waals surface area contributed by atoms with E-state index in [1.165, 1.54) is 22.6 Å². The number of piperidine rings is 1. The summed E-state index contributed by atoms with van der Waals surface area (Å²) < 4.78 is 28.0. The summed E-state index contributed by atoms with van der Waals surface area (Å²) in [5.74, 6) is -0.452. The van der Waals surface area contributed by atoms with Crippen molar-refractivity contribution >= 4 is 33.2 Å². The van der Waals surface area contributed by atoms with E-state index in [9.17, 15) is 18.0 Å². The van der Waals surface area contributed by atoms with Crippen LogP contribution in [0.4, 0.5) is 5.69 Å². The summed E-state index contributed by atoms with van der Waals surface area (Å²) in [6, 6.07) is 9.37. The Morgan fingerprint density at radius 3 is 2.56 bits per heavy atom. The van der Waals surface area contributed by atoms with E-state index in [4.69, 9.17) is 11.6 Å². The highest BCUT2D eigenvalue weighted by Crippen LogP contribution is 2.18. The fraction of sp³-hybridized carbons (Fsp3) is 0.333. The summed E-state index contributed by atoms with van der Waals surface area (Å²) in [7, 11) is -3.86. The first-order chi connectivity index (χ1) is 12.9. The number of anilines is 1. The molecule has 1 aliphatic heterocycles. The van der Waals surface area contributed by atoms with Gasteiger partial charge in [0.2, 0.25) is 15.9 Å². The van der Waals surface area contributed by atoms with Gasteiger partial charge >= 0.3 is 0 Å². The lowest BCUT2D eigenvalue weighted by Crippen LogP contribution is -2.39. The Morgan fingerprint density at radius 2 is 1.85 bits per heavy atom. The lowest BCUT2D eigenvalue weighted by atomic mass is 10.2. The maximum Gasteiger partial charge on any atom is 0.271 e. The van der Waals surface area contributed by atoms with Crippen LogP contribution in [0.1, 0.15) is 19.3 Å². The zero-order chi connectivity index (χ0) is 19.4. The summed E-state index contributed by atoms with van der Waals surface area (Å²) in [4.78, 5) is 24.6. The Labute approximate surface area is 162 Å². The number of benzene rings is 1. The van der Waals surface area contributed by atoms with Gasteiger partial charge in [0.05, 0.1) is 0 Å². The van der Waals surface area contributed by atoms with Gasteiger partial charge in [0.25, 0.3) is 5.56 Å². The van der Waals surface area contributed by atoms with E-state index in [1.807, 2.05) is 0 Å². The number of pyridine rings is 1. The van der Waals surface area contributed by atoms with Crippen LogP contribution in [0.2, 0.25) is 5.02 Å². The van der Waals surface area contributed by atoms with E-state index >= 15 is 0 Å². The fourth-order valence-corrected chi connectivity index (χ4v) is 4.80. The van der Waals surface area contributed by atoms with Crippen molar-refractivity contribution in [3.8, 4) is 0 Å². The SMILES string of the molecule is O=C(Cn1cccc(S(=O)(=O)N2CCCCC2)c1=O)Nc1cccc(Cl)c1. The van der Waals surface area contributed by atoms with Gasteiger partial charge in [0.1, 0.15) is 11.4 Å². The number of carbonyl (C=O) groups excluding carboxylic acids is 1. The Morgan fingerprint density at radius 1 is 1.11 bits per heavy atom. The topological polar surface area (TPSA) is 88.5 Å². The molecule has 2 heterocycles. The van der Waals surface area contributed by atoms with Gasteiger partial charge in [0, 0.05) is 30.0 Å². The fourth-order valence-electron chi connectivity index (χ4n) is 3.00. The van der Waals surface area contributed by atoms with E-state index in [1.54, 1.807) is 24.3 Å². The van der Waals surface area contributed by atoms with Crippen molar-refractivity contribution in [1.29, 1.82) is 0 Å². The second-order valence-corrected chi connectivity index (χ2v) is 8.67. The van der Waals surface area contributed by atoms with Crippen LogP contribution in [0.5, 0.6) is 0 Å². The van der Waals surface area contributed by atoms with E-state index in [-0.39, 0.29) is 11.4 Å². The normalized spacial score (nSPS) is 15.4. The summed E-state index contributed by atoms with van der Waals surface area (Å²) in [5.41, 5.74) is -0.207. The summed E-state index contributed by atoms with van der Waals surface area (Å²) in [6.45, 7) is 0.520. The van der Waals surface area contributed by atoms with Crippen molar-refractivity contribution in [1.82, 2.24) is 8.87 Å². The van der Waals surface area contributed by atoms with Gasteiger partial charge in [0.15, 0.2) is 0 Å². The van der Waals surface area contributed by atoms with Crippen molar-refractivity contribution in [2.45, 2.75) is 30.7 Å². The van der Waals surface area contributed by atoms with E-state index < -0.39 is 21.5 Å². The molecule has 1 aromatic heterocycles. The van der Waals surface area contributed by atoms with Crippen molar-refractivity contribution in [2.75, 3.05) is 18.4 Å². The molecule has 0 radical (unpaired) electrons. The van der Waals surface area contributed by atoms with Crippen LogP contribution < -0.4 is 10.9 Å². The van der Waals surface area contributed by atoms with Gasteiger partial charge in [-0.25, -0.2) is 8.42 Å². The highest BCUT2D eigenvalue weighted by Gasteiger charge is 2.28. The molecule has 1 aromatic carbocycles. The molecule has 7 nitrogen and oxygen atoms in total. The number of sulfonamides is 1. The molecule has 27 heavy (non-hydrogen) atoms. The molecule has 0 atom stereocenters. The maximum absolute atomic E-state index is 12.8. The van der Waals surface area contributed by atoms with Crippen molar-refractivity contribution in [2.24, 2.45) is 0 Å². The molecule has 1 aliphatic rings. The third-order valence-electron chi connectivity index (χ3n) is 4.34. The molecule has 9 heteroatoms. The number of halogens is 1. The lowest BCUT2D eigenvalue weighted by molar-refractivity contribution is -0.116. The Hall–Kier alpha value is -2.16. The molecule has 0 aliphatic carbocycles. The molecule has 3 rings (SSSR count). The van der Waals surface area contributed by atoms with Crippen LogP contribution in [-0.2, 0) is 21.4 Å².